The minimum absolute atomic E-state index is 0.120. The highest BCUT2D eigenvalue weighted by molar-refractivity contribution is 6.31. The van der Waals surface area contributed by atoms with Crippen molar-refractivity contribution in [2.24, 2.45) is 0 Å². The average Bonchev–Trinajstić information content (AvgIpc) is 3.43. The molecule has 6 nitrogen and oxygen atoms in total. The second kappa shape index (κ2) is 10.8. The van der Waals surface area contributed by atoms with Crippen LogP contribution in [0.4, 0.5) is 10.2 Å². The van der Waals surface area contributed by atoms with E-state index in [4.69, 9.17) is 32.4 Å². The molecule has 0 bridgehead atoms. The number of aryl methyl sites for hydroxylation is 2. The lowest BCUT2D eigenvalue weighted by Crippen LogP contribution is -2.12. The summed E-state index contributed by atoms with van der Waals surface area (Å²) in [5.74, 6) is 1.02. The van der Waals surface area contributed by atoms with Crippen molar-refractivity contribution in [3.63, 3.8) is 0 Å². The van der Waals surface area contributed by atoms with Gasteiger partial charge < -0.3 is 14.5 Å². The van der Waals surface area contributed by atoms with Gasteiger partial charge in [0.15, 0.2) is 11.6 Å². The SMILES string of the molecule is Cc1cc(OCc2ccc(C(=O)Nc3cc(C)n(Cc4c(F)cccc4Cl)n3)o2)c(C(C)C)cc1Cl. The van der Waals surface area contributed by atoms with Crippen molar-refractivity contribution < 1.29 is 18.3 Å². The van der Waals surface area contributed by atoms with Crippen LogP contribution < -0.4 is 10.1 Å². The Hall–Kier alpha value is -3.29. The number of furan rings is 1. The van der Waals surface area contributed by atoms with Crippen molar-refractivity contribution in [2.75, 3.05) is 5.32 Å². The monoisotopic (exact) mass is 529 g/mol. The van der Waals surface area contributed by atoms with Crippen LogP contribution in [0, 0.1) is 19.7 Å². The standard InChI is InChI=1S/C27H26Cl2FN3O3/c1-15(2)19-12-22(29)16(3)10-25(19)35-14-18-8-9-24(36-18)27(34)31-26-11-17(4)33(32-26)13-20-21(28)6-5-7-23(20)30/h5-12,15H,13-14H2,1-4H3,(H,31,32,34). The van der Waals surface area contributed by atoms with E-state index in [1.165, 1.54) is 6.07 Å². The highest BCUT2D eigenvalue weighted by Gasteiger charge is 2.17. The molecule has 0 aliphatic carbocycles. The van der Waals surface area contributed by atoms with Gasteiger partial charge in [0, 0.05) is 27.4 Å². The number of ether oxygens (including phenoxy) is 1. The van der Waals surface area contributed by atoms with E-state index in [9.17, 15) is 9.18 Å². The minimum atomic E-state index is -0.458. The molecular formula is C27H26Cl2FN3O3. The smallest absolute Gasteiger partial charge is 0.292 e. The molecule has 4 rings (SSSR count). The summed E-state index contributed by atoms with van der Waals surface area (Å²) in [6.07, 6.45) is 0. The predicted molar refractivity (Wildman–Crippen MR) is 139 cm³/mol. The van der Waals surface area contributed by atoms with Crippen LogP contribution in [0.5, 0.6) is 5.75 Å². The van der Waals surface area contributed by atoms with Gasteiger partial charge in [-0.15, -0.1) is 0 Å². The van der Waals surface area contributed by atoms with Crippen molar-refractivity contribution in [2.45, 2.75) is 46.8 Å². The Balaban J connectivity index is 1.42. The normalized spacial score (nSPS) is 11.2. The quantitative estimate of drug-likeness (QED) is 0.256. The molecular weight excluding hydrogens is 504 g/mol. The number of aromatic nitrogens is 2. The van der Waals surface area contributed by atoms with E-state index in [1.807, 2.05) is 26.0 Å². The first-order valence-corrected chi connectivity index (χ1v) is 12.2. The summed E-state index contributed by atoms with van der Waals surface area (Å²) >= 11 is 12.4. The molecule has 2 aromatic heterocycles. The van der Waals surface area contributed by atoms with Gasteiger partial charge in [-0.2, -0.15) is 5.10 Å². The summed E-state index contributed by atoms with van der Waals surface area (Å²) in [5, 5.41) is 8.08. The van der Waals surface area contributed by atoms with Crippen LogP contribution in [0.15, 0.2) is 52.9 Å². The first-order valence-electron chi connectivity index (χ1n) is 11.4. The van der Waals surface area contributed by atoms with Gasteiger partial charge in [0.2, 0.25) is 0 Å². The zero-order valence-corrected chi connectivity index (χ0v) is 21.9. The fourth-order valence-electron chi connectivity index (χ4n) is 3.72. The van der Waals surface area contributed by atoms with E-state index in [-0.39, 0.29) is 24.8 Å². The minimum Gasteiger partial charge on any atom is -0.485 e. The summed E-state index contributed by atoms with van der Waals surface area (Å²) in [6.45, 7) is 8.16. The Morgan fingerprint density at radius 1 is 1.14 bits per heavy atom. The van der Waals surface area contributed by atoms with Gasteiger partial charge in [-0.3, -0.25) is 9.48 Å². The third-order valence-electron chi connectivity index (χ3n) is 5.76. The number of carbonyl (C=O) groups excluding carboxylic acids is 1. The fourth-order valence-corrected chi connectivity index (χ4v) is 4.11. The van der Waals surface area contributed by atoms with Gasteiger partial charge in [-0.1, -0.05) is 43.1 Å². The fraction of sp³-hybridized carbons (Fsp3) is 0.259. The lowest BCUT2D eigenvalue weighted by atomic mass is 10.0. The molecule has 1 amide bonds. The third kappa shape index (κ3) is 5.74. The topological polar surface area (TPSA) is 69.3 Å². The molecule has 0 aliphatic rings. The van der Waals surface area contributed by atoms with Crippen LogP contribution in [-0.2, 0) is 13.2 Å². The van der Waals surface area contributed by atoms with Crippen LogP contribution in [0.3, 0.4) is 0 Å². The van der Waals surface area contributed by atoms with E-state index in [2.05, 4.69) is 24.3 Å². The Morgan fingerprint density at radius 3 is 2.64 bits per heavy atom. The van der Waals surface area contributed by atoms with Crippen LogP contribution in [0.1, 0.15) is 58.5 Å². The number of amides is 1. The van der Waals surface area contributed by atoms with Crippen LogP contribution in [-0.4, -0.2) is 15.7 Å². The third-order valence-corrected chi connectivity index (χ3v) is 6.52. The van der Waals surface area contributed by atoms with Crippen molar-refractivity contribution in [3.05, 3.63) is 98.3 Å². The molecule has 0 saturated heterocycles. The zero-order chi connectivity index (χ0) is 26.0. The summed E-state index contributed by atoms with van der Waals surface area (Å²) in [4.78, 5) is 12.7. The van der Waals surface area contributed by atoms with Gasteiger partial charge in [-0.25, -0.2) is 4.39 Å². The molecule has 0 unspecified atom stereocenters. The summed E-state index contributed by atoms with van der Waals surface area (Å²) in [6, 6.07) is 13.3. The van der Waals surface area contributed by atoms with E-state index < -0.39 is 11.7 Å². The Kier molecular flexibility index (Phi) is 7.71. The number of hydrogen-bond acceptors (Lipinski definition) is 4. The molecule has 0 saturated carbocycles. The lowest BCUT2D eigenvalue weighted by molar-refractivity contribution is 0.0992. The van der Waals surface area contributed by atoms with Gasteiger partial charge in [0.25, 0.3) is 5.91 Å². The van der Waals surface area contributed by atoms with Crippen LogP contribution >= 0.6 is 23.2 Å². The summed E-state index contributed by atoms with van der Waals surface area (Å²) in [7, 11) is 0. The Bertz CT molecular complexity index is 1390. The van der Waals surface area contributed by atoms with Crippen molar-refractivity contribution in [1.82, 2.24) is 9.78 Å². The summed E-state index contributed by atoms with van der Waals surface area (Å²) in [5.41, 5.74) is 2.98. The molecule has 2 heterocycles. The first kappa shape index (κ1) is 25.8. The van der Waals surface area contributed by atoms with Gasteiger partial charge in [0.05, 0.1) is 6.54 Å². The number of rotatable bonds is 8. The Morgan fingerprint density at radius 2 is 1.92 bits per heavy atom. The number of hydrogen-bond donors (Lipinski definition) is 1. The van der Waals surface area contributed by atoms with E-state index in [1.54, 1.807) is 35.0 Å². The maximum atomic E-state index is 14.2. The second-order valence-electron chi connectivity index (χ2n) is 8.83. The van der Waals surface area contributed by atoms with Crippen molar-refractivity contribution in [1.29, 1.82) is 0 Å². The molecule has 0 spiro atoms. The molecule has 2 aromatic carbocycles. The predicted octanol–water partition coefficient (Wildman–Crippen LogP) is 7.54. The molecule has 188 valence electrons. The van der Waals surface area contributed by atoms with Crippen LogP contribution in [0.25, 0.3) is 0 Å². The molecule has 4 aromatic rings. The van der Waals surface area contributed by atoms with E-state index >= 15 is 0 Å². The van der Waals surface area contributed by atoms with Gasteiger partial charge in [0.1, 0.15) is 23.9 Å². The average molecular weight is 530 g/mol. The molecule has 36 heavy (non-hydrogen) atoms. The van der Waals surface area contributed by atoms with Crippen molar-refractivity contribution in [3.8, 4) is 5.75 Å². The number of nitrogens with one attached hydrogen (secondary N) is 1. The highest BCUT2D eigenvalue weighted by Crippen LogP contribution is 2.32. The molecule has 9 heteroatoms. The lowest BCUT2D eigenvalue weighted by Gasteiger charge is -2.15. The zero-order valence-electron chi connectivity index (χ0n) is 20.4. The summed E-state index contributed by atoms with van der Waals surface area (Å²) < 4.78 is 27.4. The molecule has 0 fully saturated rings. The number of nitrogens with zero attached hydrogens (tertiary/aromatic N) is 2. The highest BCUT2D eigenvalue weighted by atomic mass is 35.5. The maximum absolute atomic E-state index is 14.2. The second-order valence-corrected chi connectivity index (χ2v) is 9.65. The Labute approximate surface area is 219 Å². The van der Waals surface area contributed by atoms with E-state index in [0.717, 1.165) is 22.6 Å². The molecule has 0 atom stereocenters. The number of benzene rings is 2. The number of carbonyl (C=O) groups is 1. The number of halogens is 3. The van der Waals surface area contributed by atoms with E-state index in [0.29, 0.717) is 27.2 Å². The number of anilines is 1. The molecule has 0 radical (unpaired) electrons. The first-order chi connectivity index (χ1) is 17.1. The van der Waals surface area contributed by atoms with Crippen molar-refractivity contribution >= 4 is 34.9 Å². The van der Waals surface area contributed by atoms with Gasteiger partial charge >= 0.3 is 0 Å². The molecule has 0 aliphatic heterocycles. The largest absolute Gasteiger partial charge is 0.485 e. The van der Waals surface area contributed by atoms with Crippen LogP contribution in [0.2, 0.25) is 10.0 Å². The maximum Gasteiger partial charge on any atom is 0.292 e. The van der Waals surface area contributed by atoms with Gasteiger partial charge in [-0.05, 0) is 67.3 Å². The molecule has 1 N–H and O–H groups in total.